The molecule has 0 atom stereocenters. The lowest BCUT2D eigenvalue weighted by molar-refractivity contribution is 0.0722. The summed E-state index contributed by atoms with van der Waals surface area (Å²) in [6.45, 7) is 4.00. The molecular formula is C19H16N2O2. The first-order chi connectivity index (χ1) is 11.1. The Kier molecular flexibility index (Phi) is 4.15. The summed E-state index contributed by atoms with van der Waals surface area (Å²) in [6, 6.07) is 15.3. The summed E-state index contributed by atoms with van der Waals surface area (Å²) in [6.07, 6.45) is 3.26. The van der Waals surface area contributed by atoms with Crippen LogP contribution in [0.3, 0.4) is 0 Å². The highest BCUT2D eigenvalue weighted by atomic mass is 16.5. The minimum absolute atomic E-state index is 0.0430. The molecule has 0 aliphatic carbocycles. The van der Waals surface area contributed by atoms with Crippen LogP contribution in [0.1, 0.15) is 21.7 Å². The first kappa shape index (κ1) is 14.9. The number of carbonyl (C=O) groups excluding carboxylic acids is 1. The topological polar surface area (TPSA) is 52.1 Å². The van der Waals surface area contributed by atoms with E-state index in [-0.39, 0.29) is 5.82 Å². The molecule has 0 amide bonds. The van der Waals surface area contributed by atoms with Crippen molar-refractivity contribution < 1.29 is 9.53 Å². The van der Waals surface area contributed by atoms with E-state index in [1.54, 1.807) is 24.5 Å². The number of rotatable bonds is 3. The summed E-state index contributed by atoms with van der Waals surface area (Å²) < 4.78 is 5.25. The van der Waals surface area contributed by atoms with Gasteiger partial charge in [-0.15, -0.1) is 0 Å². The van der Waals surface area contributed by atoms with Crippen molar-refractivity contribution in [1.82, 2.24) is 9.97 Å². The standard InChI is InChI=1S/C19H16N2O2/c1-13-3-7-15(8-4-13)16-11-20-18(21-12-16)19(22)23-17-9-5-14(2)6-10-17/h3-12H,1-2H3. The number of carbonyl (C=O) groups is 1. The Morgan fingerprint density at radius 1 is 0.783 bits per heavy atom. The molecule has 0 fully saturated rings. The maximum Gasteiger partial charge on any atom is 0.381 e. The molecule has 0 unspecified atom stereocenters. The first-order valence-electron chi connectivity index (χ1n) is 7.30. The zero-order valence-corrected chi connectivity index (χ0v) is 13.0. The number of esters is 1. The van der Waals surface area contributed by atoms with Crippen molar-refractivity contribution in [2.24, 2.45) is 0 Å². The minimum atomic E-state index is -0.565. The monoisotopic (exact) mass is 304 g/mol. The Labute approximate surface area is 134 Å². The molecule has 0 spiro atoms. The van der Waals surface area contributed by atoms with Crippen LogP contribution in [0.2, 0.25) is 0 Å². The number of benzene rings is 2. The Balaban J connectivity index is 1.74. The molecular weight excluding hydrogens is 288 g/mol. The lowest BCUT2D eigenvalue weighted by Gasteiger charge is -2.05. The number of nitrogens with zero attached hydrogens (tertiary/aromatic N) is 2. The first-order valence-corrected chi connectivity index (χ1v) is 7.30. The second-order valence-corrected chi connectivity index (χ2v) is 5.36. The molecule has 23 heavy (non-hydrogen) atoms. The molecule has 0 aliphatic rings. The predicted octanol–water partition coefficient (Wildman–Crippen LogP) is 3.98. The average Bonchev–Trinajstić information content (AvgIpc) is 2.58. The summed E-state index contributed by atoms with van der Waals surface area (Å²) in [4.78, 5) is 20.3. The SMILES string of the molecule is Cc1ccc(OC(=O)c2ncc(-c3ccc(C)cc3)cn2)cc1. The van der Waals surface area contributed by atoms with Gasteiger partial charge in [-0.05, 0) is 31.5 Å². The second kappa shape index (κ2) is 6.40. The molecule has 0 aliphatic heterocycles. The lowest BCUT2D eigenvalue weighted by atomic mass is 10.1. The largest absolute Gasteiger partial charge is 0.421 e. The smallest absolute Gasteiger partial charge is 0.381 e. The number of hydrogen-bond acceptors (Lipinski definition) is 4. The van der Waals surface area contributed by atoms with E-state index in [1.807, 2.05) is 50.2 Å². The van der Waals surface area contributed by atoms with Crippen LogP contribution in [0.4, 0.5) is 0 Å². The van der Waals surface area contributed by atoms with Crippen LogP contribution in [0.5, 0.6) is 5.75 Å². The number of aryl methyl sites for hydroxylation is 2. The molecule has 0 bridgehead atoms. The summed E-state index contributed by atoms with van der Waals surface area (Å²) in [7, 11) is 0. The van der Waals surface area contributed by atoms with Crippen LogP contribution >= 0.6 is 0 Å². The fraction of sp³-hybridized carbons (Fsp3) is 0.105. The molecule has 3 aromatic rings. The highest BCUT2D eigenvalue weighted by Gasteiger charge is 2.12. The molecule has 0 saturated heterocycles. The van der Waals surface area contributed by atoms with E-state index >= 15 is 0 Å². The van der Waals surface area contributed by atoms with Crippen molar-refractivity contribution in [2.75, 3.05) is 0 Å². The zero-order valence-electron chi connectivity index (χ0n) is 13.0. The third kappa shape index (κ3) is 3.61. The van der Waals surface area contributed by atoms with E-state index in [0.717, 1.165) is 16.7 Å². The molecule has 3 rings (SSSR count). The quantitative estimate of drug-likeness (QED) is 0.542. The highest BCUT2D eigenvalue weighted by molar-refractivity contribution is 5.87. The van der Waals surface area contributed by atoms with E-state index < -0.39 is 5.97 Å². The molecule has 2 aromatic carbocycles. The van der Waals surface area contributed by atoms with Crippen LogP contribution in [-0.4, -0.2) is 15.9 Å². The summed E-state index contributed by atoms with van der Waals surface area (Å²) in [5, 5.41) is 0. The second-order valence-electron chi connectivity index (χ2n) is 5.36. The van der Waals surface area contributed by atoms with Crippen molar-refractivity contribution in [1.29, 1.82) is 0 Å². The molecule has 4 nitrogen and oxygen atoms in total. The van der Waals surface area contributed by atoms with E-state index in [1.165, 1.54) is 5.56 Å². The normalized spacial score (nSPS) is 10.3. The zero-order chi connectivity index (χ0) is 16.2. The van der Waals surface area contributed by atoms with Gasteiger partial charge in [0.2, 0.25) is 5.82 Å². The van der Waals surface area contributed by atoms with E-state index in [4.69, 9.17) is 4.74 Å². The van der Waals surface area contributed by atoms with Crippen LogP contribution in [0.15, 0.2) is 60.9 Å². The van der Waals surface area contributed by atoms with Crippen molar-refractivity contribution >= 4 is 5.97 Å². The maximum atomic E-state index is 12.0. The third-order valence-corrected chi connectivity index (χ3v) is 3.45. The molecule has 114 valence electrons. The van der Waals surface area contributed by atoms with E-state index in [0.29, 0.717) is 5.75 Å². The maximum absolute atomic E-state index is 12.0. The van der Waals surface area contributed by atoms with Crippen molar-refractivity contribution in [3.05, 3.63) is 77.9 Å². The molecule has 1 heterocycles. The van der Waals surface area contributed by atoms with Gasteiger partial charge in [0, 0.05) is 18.0 Å². The van der Waals surface area contributed by atoms with Crippen LogP contribution in [0, 0.1) is 13.8 Å². The average molecular weight is 304 g/mol. The Morgan fingerprint density at radius 2 is 1.30 bits per heavy atom. The van der Waals surface area contributed by atoms with Crippen molar-refractivity contribution in [3.63, 3.8) is 0 Å². The Bertz CT molecular complexity index is 807. The molecule has 0 N–H and O–H groups in total. The van der Waals surface area contributed by atoms with Gasteiger partial charge in [-0.25, -0.2) is 14.8 Å². The van der Waals surface area contributed by atoms with Gasteiger partial charge >= 0.3 is 5.97 Å². The van der Waals surface area contributed by atoms with Gasteiger partial charge in [-0.2, -0.15) is 0 Å². The molecule has 0 saturated carbocycles. The van der Waals surface area contributed by atoms with Gasteiger partial charge in [0.1, 0.15) is 5.75 Å². The molecule has 0 radical (unpaired) electrons. The summed E-state index contributed by atoms with van der Waals surface area (Å²) in [5.74, 6) is -0.0439. The van der Waals surface area contributed by atoms with E-state index in [2.05, 4.69) is 9.97 Å². The fourth-order valence-corrected chi connectivity index (χ4v) is 2.09. The van der Waals surface area contributed by atoms with Gasteiger partial charge in [-0.1, -0.05) is 47.5 Å². The number of aromatic nitrogens is 2. The van der Waals surface area contributed by atoms with Gasteiger partial charge in [0.05, 0.1) is 0 Å². The fourth-order valence-electron chi connectivity index (χ4n) is 2.09. The molecule has 1 aromatic heterocycles. The highest BCUT2D eigenvalue weighted by Crippen LogP contribution is 2.18. The van der Waals surface area contributed by atoms with Crippen molar-refractivity contribution in [3.8, 4) is 16.9 Å². The van der Waals surface area contributed by atoms with Crippen molar-refractivity contribution in [2.45, 2.75) is 13.8 Å². The van der Waals surface area contributed by atoms with E-state index in [9.17, 15) is 4.79 Å². The predicted molar refractivity (Wildman–Crippen MR) is 88.3 cm³/mol. The summed E-state index contributed by atoms with van der Waals surface area (Å²) in [5.41, 5.74) is 4.16. The minimum Gasteiger partial charge on any atom is -0.421 e. The van der Waals surface area contributed by atoms with Gasteiger partial charge in [-0.3, -0.25) is 0 Å². The third-order valence-electron chi connectivity index (χ3n) is 3.45. The number of hydrogen-bond donors (Lipinski definition) is 0. The number of ether oxygens (including phenoxy) is 1. The Hall–Kier alpha value is -3.01. The molecule has 4 heteroatoms. The van der Waals surface area contributed by atoms with Gasteiger partial charge in [0.15, 0.2) is 0 Å². The summed E-state index contributed by atoms with van der Waals surface area (Å²) >= 11 is 0. The van der Waals surface area contributed by atoms with Crippen LogP contribution in [-0.2, 0) is 0 Å². The van der Waals surface area contributed by atoms with Crippen LogP contribution in [0.25, 0.3) is 11.1 Å². The van der Waals surface area contributed by atoms with Crippen LogP contribution < -0.4 is 4.74 Å². The van der Waals surface area contributed by atoms with Gasteiger partial charge in [0.25, 0.3) is 0 Å². The van der Waals surface area contributed by atoms with Gasteiger partial charge < -0.3 is 4.74 Å². The Morgan fingerprint density at radius 3 is 1.87 bits per heavy atom. The lowest BCUT2D eigenvalue weighted by Crippen LogP contribution is -2.12.